The van der Waals surface area contributed by atoms with E-state index in [-0.39, 0.29) is 11.7 Å². The van der Waals surface area contributed by atoms with Crippen LogP contribution < -0.4 is 5.32 Å². The van der Waals surface area contributed by atoms with Crippen molar-refractivity contribution in [1.29, 1.82) is 0 Å². The fraction of sp³-hybridized carbons (Fsp3) is 0.222. The molecule has 4 nitrogen and oxygen atoms in total. The third-order valence-electron chi connectivity index (χ3n) is 3.60. The summed E-state index contributed by atoms with van der Waals surface area (Å²) in [5.41, 5.74) is 3.49. The zero-order chi connectivity index (χ0) is 16.2. The Hall–Kier alpha value is -2.69. The Balaban J connectivity index is 1.52. The number of nitrogens with zero attached hydrogens (tertiary/aromatic N) is 1. The molecule has 2 aromatic carbocycles. The van der Waals surface area contributed by atoms with E-state index in [0.29, 0.717) is 25.3 Å². The highest BCUT2D eigenvalue weighted by Gasteiger charge is 2.06. The van der Waals surface area contributed by atoms with Crippen molar-refractivity contribution in [2.75, 3.05) is 0 Å². The molecule has 0 saturated heterocycles. The Morgan fingerprint density at radius 1 is 1.17 bits per heavy atom. The molecular formula is C18H17FN2O2. The predicted octanol–water partition coefficient (Wildman–Crippen LogP) is 3.52. The van der Waals surface area contributed by atoms with Crippen LogP contribution in [0.2, 0.25) is 0 Å². The normalized spacial score (nSPS) is 10.9. The van der Waals surface area contributed by atoms with E-state index in [1.165, 1.54) is 12.1 Å². The topological polar surface area (TPSA) is 55.1 Å². The van der Waals surface area contributed by atoms with Crippen LogP contribution in [0.25, 0.3) is 11.1 Å². The maximum Gasteiger partial charge on any atom is 0.220 e. The lowest BCUT2D eigenvalue weighted by Crippen LogP contribution is -2.22. The van der Waals surface area contributed by atoms with Crippen molar-refractivity contribution in [3.63, 3.8) is 0 Å². The van der Waals surface area contributed by atoms with Gasteiger partial charge in [0, 0.05) is 19.9 Å². The summed E-state index contributed by atoms with van der Waals surface area (Å²) in [4.78, 5) is 16.2. The van der Waals surface area contributed by atoms with Gasteiger partial charge in [-0.3, -0.25) is 4.79 Å². The first-order valence-electron chi connectivity index (χ1n) is 7.47. The number of aryl methyl sites for hydroxylation is 2. The van der Waals surface area contributed by atoms with Crippen LogP contribution in [-0.2, 0) is 17.8 Å². The molecule has 23 heavy (non-hydrogen) atoms. The quantitative estimate of drug-likeness (QED) is 0.784. The van der Waals surface area contributed by atoms with Crippen molar-refractivity contribution in [3.8, 4) is 0 Å². The van der Waals surface area contributed by atoms with Gasteiger partial charge in [-0.25, -0.2) is 9.37 Å². The van der Waals surface area contributed by atoms with Gasteiger partial charge in [0.25, 0.3) is 0 Å². The summed E-state index contributed by atoms with van der Waals surface area (Å²) in [5.74, 6) is 0.318. The van der Waals surface area contributed by atoms with E-state index in [0.717, 1.165) is 22.2 Å². The molecular weight excluding hydrogens is 295 g/mol. The van der Waals surface area contributed by atoms with Crippen LogP contribution in [0.4, 0.5) is 4.39 Å². The number of nitrogens with one attached hydrogen (secondary N) is 1. The summed E-state index contributed by atoms with van der Waals surface area (Å²) in [6.45, 7) is 2.21. The maximum atomic E-state index is 12.8. The first kappa shape index (κ1) is 15.2. The molecule has 1 N–H and O–H groups in total. The standard InChI is InChI=1S/C18H17FN2O2/c1-12-21-16-10-13(4-8-17(16)23-12)5-9-18(22)20-11-14-2-6-15(19)7-3-14/h2-4,6-8,10H,5,9,11H2,1H3,(H,20,22). The molecule has 0 atom stereocenters. The molecule has 0 aliphatic carbocycles. The van der Waals surface area contributed by atoms with Gasteiger partial charge in [0.05, 0.1) is 0 Å². The highest BCUT2D eigenvalue weighted by molar-refractivity contribution is 5.77. The lowest BCUT2D eigenvalue weighted by Gasteiger charge is -2.05. The monoisotopic (exact) mass is 312 g/mol. The van der Waals surface area contributed by atoms with Crippen molar-refractivity contribution in [2.24, 2.45) is 0 Å². The van der Waals surface area contributed by atoms with E-state index in [1.54, 1.807) is 12.1 Å². The number of rotatable bonds is 5. The van der Waals surface area contributed by atoms with E-state index < -0.39 is 0 Å². The van der Waals surface area contributed by atoms with Gasteiger partial charge >= 0.3 is 0 Å². The van der Waals surface area contributed by atoms with Crippen LogP contribution in [0.15, 0.2) is 46.9 Å². The van der Waals surface area contributed by atoms with Crippen LogP contribution in [0.5, 0.6) is 0 Å². The number of halogens is 1. The number of fused-ring (bicyclic) bond motifs is 1. The maximum absolute atomic E-state index is 12.8. The fourth-order valence-electron chi connectivity index (χ4n) is 2.39. The Bertz CT molecular complexity index is 825. The van der Waals surface area contributed by atoms with Crippen LogP contribution in [0, 0.1) is 12.7 Å². The number of benzene rings is 2. The minimum Gasteiger partial charge on any atom is -0.441 e. The molecule has 0 saturated carbocycles. The van der Waals surface area contributed by atoms with E-state index in [2.05, 4.69) is 10.3 Å². The fourth-order valence-corrected chi connectivity index (χ4v) is 2.39. The van der Waals surface area contributed by atoms with Crippen LogP contribution in [0.3, 0.4) is 0 Å². The highest BCUT2D eigenvalue weighted by Crippen LogP contribution is 2.17. The van der Waals surface area contributed by atoms with Gasteiger partial charge in [0.1, 0.15) is 11.3 Å². The molecule has 1 aromatic heterocycles. The first-order chi connectivity index (χ1) is 11.1. The second-order valence-corrected chi connectivity index (χ2v) is 5.44. The third-order valence-corrected chi connectivity index (χ3v) is 3.60. The average molecular weight is 312 g/mol. The highest BCUT2D eigenvalue weighted by atomic mass is 19.1. The molecule has 0 unspecified atom stereocenters. The van der Waals surface area contributed by atoms with Gasteiger partial charge in [0.15, 0.2) is 11.5 Å². The minimum atomic E-state index is -0.279. The van der Waals surface area contributed by atoms with Crippen LogP contribution in [0.1, 0.15) is 23.4 Å². The van der Waals surface area contributed by atoms with E-state index in [9.17, 15) is 9.18 Å². The lowest BCUT2D eigenvalue weighted by molar-refractivity contribution is -0.121. The molecule has 0 aliphatic heterocycles. The summed E-state index contributed by atoms with van der Waals surface area (Å²) in [6.07, 6.45) is 1.03. The zero-order valence-electron chi connectivity index (χ0n) is 12.8. The van der Waals surface area contributed by atoms with Crippen LogP contribution in [-0.4, -0.2) is 10.9 Å². The second-order valence-electron chi connectivity index (χ2n) is 5.44. The van der Waals surface area contributed by atoms with Crippen molar-refractivity contribution < 1.29 is 13.6 Å². The zero-order valence-corrected chi connectivity index (χ0v) is 12.8. The molecule has 118 valence electrons. The van der Waals surface area contributed by atoms with Gasteiger partial charge in [-0.15, -0.1) is 0 Å². The molecule has 3 rings (SSSR count). The Morgan fingerprint density at radius 2 is 1.91 bits per heavy atom. The van der Waals surface area contributed by atoms with Gasteiger partial charge in [-0.2, -0.15) is 0 Å². The number of hydrogen-bond donors (Lipinski definition) is 1. The minimum absolute atomic E-state index is 0.0363. The van der Waals surface area contributed by atoms with E-state index >= 15 is 0 Å². The summed E-state index contributed by atoms with van der Waals surface area (Å²) in [5, 5.41) is 2.83. The first-order valence-corrected chi connectivity index (χ1v) is 7.47. The molecule has 0 aliphatic rings. The smallest absolute Gasteiger partial charge is 0.220 e. The van der Waals surface area contributed by atoms with Crippen molar-refractivity contribution in [3.05, 3.63) is 65.3 Å². The molecule has 0 spiro atoms. The van der Waals surface area contributed by atoms with Gasteiger partial charge in [-0.1, -0.05) is 18.2 Å². The number of hydrogen-bond acceptors (Lipinski definition) is 3. The number of carbonyl (C=O) groups excluding carboxylic acids is 1. The molecule has 0 bridgehead atoms. The molecule has 5 heteroatoms. The molecule has 0 fully saturated rings. The Kier molecular flexibility index (Phi) is 4.37. The number of amides is 1. The summed E-state index contributed by atoms with van der Waals surface area (Å²) < 4.78 is 18.2. The summed E-state index contributed by atoms with van der Waals surface area (Å²) in [6, 6.07) is 11.9. The lowest BCUT2D eigenvalue weighted by atomic mass is 10.1. The number of aromatic nitrogens is 1. The Morgan fingerprint density at radius 3 is 2.70 bits per heavy atom. The number of carbonyl (C=O) groups is 1. The Labute approximate surface area is 133 Å². The van der Waals surface area contributed by atoms with Crippen molar-refractivity contribution in [1.82, 2.24) is 10.3 Å². The van der Waals surface area contributed by atoms with Gasteiger partial charge < -0.3 is 9.73 Å². The molecule has 1 amide bonds. The van der Waals surface area contributed by atoms with Crippen molar-refractivity contribution in [2.45, 2.75) is 26.3 Å². The predicted molar refractivity (Wildman–Crippen MR) is 85.3 cm³/mol. The number of oxazole rings is 1. The van der Waals surface area contributed by atoms with Gasteiger partial charge in [-0.05, 0) is 41.8 Å². The average Bonchev–Trinajstić information content (AvgIpc) is 2.91. The SMILES string of the molecule is Cc1nc2cc(CCC(=O)NCc3ccc(F)cc3)ccc2o1. The van der Waals surface area contributed by atoms with E-state index in [4.69, 9.17) is 4.42 Å². The molecule has 0 radical (unpaired) electrons. The van der Waals surface area contributed by atoms with Crippen LogP contribution >= 0.6 is 0 Å². The second kappa shape index (κ2) is 6.60. The summed E-state index contributed by atoms with van der Waals surface area (Å²) >= 11 is 0. The summed E-state index contributed by atoms with van der Waals surface area (Å²) in [7, 11) is 0. The third kappa shape index (κ3) is 3.94. The molecule has 3 aromatic rings. The molecule has 1 heterocycles. The largest absolute Gasteiger partial charge is 0.441 e. The van der Waals surface area contributed by atoms with Crippen molar-refractivity contribution >= 4 is 17.0 Å². The van der Waals surface area contributed by atoms with Gasteiger partial charge in [0.2, 0.25) is 5.91 Å². The van der Waals surface area contributed by atoms with E-state index in [1.807, 2.05) is 25.1 Å².